The smallest absolute Gasteiger partial charge is 0.286 e. The number of fused-ring (bicyclic) bond motifs is 1. The van der Waals surface area contributed by atoms with E-state index in [0.717, 1.165) is 34.9 Å². The number of ether oxygens (including phenoxy) is 2. The molecule has 0 saturated carbocycles. The number of para-hydroxylation sites is 2. The molecule has 1 saturated heterocycles. The average molecular weight is 487 g/mol. The van der Waals surface area contributed by atoms with Crippen LogP contribution in [-0.4, -0.2) is 59.2 Å². The highest BCUT2D eigenvalue weighted by Gasteiger charge is 2.28. The van der Waals surface area contributed by atoms with Gasteiger partial charge in [-0.3, -0.25) is 4.79 Å². The number of aromatic nitrogens is 2. The standard InChI is InChI=1S/C26H22N4O4S/c1-32-20-9-5-6-17-14-21(34-24(17)20)23-18(16-30(28-23)19-7-3-2-4-8-19)15-22-25(31)27-26(35-22)29-10-12-33-13-11-29/h2-9,14-16H,10-13H2,1H3. The van der Waals surface area contributed by atoms with Crippen LogP contribution >= 0.6 is 11.8 Å². The fraction of sp³-hybridized carbons (Fsp3) is 0.192. The van der Waals surface area contributed by atoms with Crippen molar-refractivity contribution in [3.8, 4) is 22.9 Å². The van der Waals surface area contributed by atoms with Crippen LogP contribution in [0.1, 0.15) is 5.56 Å². The van der Waals surface area contributed by atoms with Crippen molar-refractivity contribution in [1.82, 2.24) is 14.7 Å². The van der Waals surface area contributed by atoms with E-state index in [-0.39, 0.29) is 5.91 Å². The van der Waals surface area contributed by atoms with Gasteiger partial charge in [0.05, 0.1) is 30.9 Å². The van der Waals surface area contributed by atoms with Crippen molar-refractivity contribution in [3.05, 3.63) is 71.3 Å². The van der Waals surface area contributed by atoms with Gasteiger partial charge < -0.3 is 18.8 Å². The molecule has 0 aliphatic carbocycles. The van der Waals surface area contributed by atoms with Crippen LogP contribution in [0.25, 0.3) is 34.2 Å². The number of hydrogen-bond acceptors (Lipinski definition) is 7. The van der Waals surface area contributed by atoms with Crippen LogP contribution in [0.4, 0.5) is 0 Å². The maximum absolute atomic E-state index is 12.8. The first-order chi connectivity index (χ1) is 17.2. The Morgan fingerprint density at radius 1 is 1.09 bits per heavy atom. The largest absolute Gasteiger partial charge is 0.493 e. The van der Waals surface area contributed by atoms with Crippen molar-refractivity contribution < 1.29 is 18.7 Å². The molecular formula is C26H22N4O4S. The third kappa shape index (κ3) is 4.13. The Balaban J connectivity index is 1.42. The number of carbonyl (C=O) groups excluding carboxylic acids is 1. The topological polar surface area (TPSA) is 82.1 Å². The number of benzene rings is 2. The molecule has 0 spiro atoms. The molecule has 2 aliphatic rings. The number of hydrogen-bond donors (Lipinski definition) is 0. The Labute approximate surface area is 205 Å². The van der Waals surface area contributed by atoms with E-state index >= 15 is 0 Å². The van der Waals surface area contributed by atoms with E-state index in [1.807, 2.05) is 66.9 Å². The lowest BCUT2D eigenvalue weighted by molar-refractivity contribution is -0.113. The molecule has 9 heteroatoms. The summed E-state index contributed by atoms with van der Waals surface area (Å²) in [5.74, 6) is 0.998. The number of amides is 1. The molecule has 35 heavy (non-hydrogen) atoms. The summed E-state index contributed by atoms with van der Waals surface area (Å²) in [4.78, 5) is 19.7. The van der Waals surface area contributed by atoms with Gasteiger partial charge in [0.25, 0.3) is 5.91 Å². The molecule has 8 nitrogen and oxygen atoms in total. The van der Waals surface area contributed by atoms with Crippen LogP contribution in [-0.2, 0) is 9.53 Å². The van der Waals surface area contributed by atoms with Gasteiger partial charge in [0.2, 0.25) is 0 Å². The SMILES string of the molecule is COc1cccc2cc(-c3nn(-c4ccccc4)cc3C=C3SC(N4CCOCC4)=NC3=O)oc12. The van der Waals surface area contributed by atoms with Gasteiger partial charge in [-0.2, -0.15) is 10.1 Å². The Morgan fingerprint density at radius 3 is 2.71 bits per heavy atom. The van der Waals surface area contributed by atoms with Crippen molar-refractivity contribution in [1.29, 1.82) is 0 Å². The van der Waals surface area contributed by atoms with E-state index in [1.165, 1.54) is 11.8 Å². The first-order valence-electron chi connectivity index (χ1n) is 11.3. The number of carbonyl (C=O) groups is 1. The number of rotatable bonds is 4. The third-order valence-corrected chi connectivity index (χ3v) is 6.95. The third-order valence-electron chi connectivity index (χ3n) is 5.90. The van der Waals surface area contributed by atoms with Gasteiger partial charge in [0.1, 0.15) is 5.69 Å². The van der Waals surface area contributed by atoms with E-state index in [9.17, 15) is 4.79 Å². The van der Waals surface area contributed by atoms with E-state index < -0.39 is 0 Å². The van der Waals surface area contributed by atoms with Crippen LogP contribution in [0.5, 0.6) is 5.75 Å². The second kappa shape index (κ2) is 9.09. The number of morpholine rings is 1. The zero-order valence-corrected chi connectivity index (χ0v) is 19.8. The second-order valence-corrected chi connectivity index (χ2v) is 9.12. The highest BCUT2D eigenvalue weighted by atomic mass is 32.2. The predicted octanol–water partition coefficient (Wildman–Crippen LogP) is 4.60. The Kier molecular flexibility index (Phi) is 5.63. The number of aliphatic imine (C=N–C) groups is 1. The Bertz CT molecular complexity index is 1470. The van der Waals surface area contributed by atoms with E-state index in [2.05, 4.69) is 9.89 Å². The molecule has 4 aromatic rings. The number of thioether (sulfide) groups is 1. The zero-order chi connectivity index (χ0) is 23.8. The lowest BCUT2D eigenvalue weighted by Crippen LogP contribution is -2.38. The molecule has 0 bridgehead atoms. The van der Waals surface area contributed by atoms with Gasteiger partial charge in [-0.15, -0.1) is 0 Å². The van der Waals surface area contributed by atoms with Gasteiger partial charge in [0.15, 0.2) is 22.3 Å². The van der Waals surface area contributed by atoms with Gasteiger partial charge in [-0.1, -0.05) is 30.3 Å². The van der Waals surface area contributed by atoms with Crippen molar-refractivity contribution in [2.45, 2.75) is 0 Å². The van der Waals surface area contributed by atoms with Gasteiger partial charge >= 0.3 is 0 Å². The summed E-state index contributed by atoms with van der Waals surface area (Å²) in [5, 5.41) is 6.46. The van der Waals surface area contributed by atoms with Crippen LogP contribution in [0.15, 0.2) is 75.1 Å². The van der Waals surface area contributed by atoms with Crippen molar-refractivity contribution in [3.63, 3.8) is 0 Å². The highest BCUT2D eigenvalue weighted by molar-refractivity contribution is 8.18. The monoisotopic (exact) mass is 486 g/mol. The summed E-state index contributed by atoms with van der Waals surface area (Å²) < 4.78 is 18.9. The molecular weight excluding hydrogens is 464 g/mol. The summed E-state index contributed by atoms with van der Waals surface area (Å²) >= 11 is 1.38. The molecule has 2 aromatic heterocycles. The molecule has 4 heterocycles. The minimum atomic E-state index is -0.249. The number of amidine groups is 1. The Morgan fingerprint density at radius 2 is 1.91 bits per heavy atom. The molecule has 0 unspecified atom stereocenters. The molecule has 0 N–H and O–H groups in total. The fourth-order valence-corrected chi connectivity index (χ4v) is 5.10. The maximum Gasteiger partial charge on any atom is 0.286 e. The Hall–Kier alpha value is -3.82. The van der Waals surface area contributed by atoms with E-state index in [4.69, 9.17) is 19.0 Å². The summed E-state index contributed by atoms with van der Waals surface area (Å²) in [6.45, 7) is 2.72. The van der Waals surface area contributed by atoms with E-state index in [1.54, 1.807) is 11.8 Å². The lowest BCUT2D eigenvalue weighted by Gasteiger charge is -2.27. The lowest BCUT2D eigenvalue weighted by atomic mass is 10.1. The van der Waals surface area contributed by atoms with Gasteiger partial charge in [-0.25, -0.2) is 4.68 Å². The summed E-state index contributed by atoms with van der Waals surface area (Å²) in [5.41, 5.74) is 2.96. The van der Waals surface area contributed by atoms with Crippen LogP contribution < -0.4 is 4.74 Å². The van der Waals surface area contributed by atoms with Crippen molar-refractivity contribution in [2.75, 3.05) is 33.4 Å². The number of nitrogens with zero attached hydrogens (tertiary/aromatic N) is 4. The number of methoxy groups -OCH3 is 1. The molecule has 2 aliphatic heterocycles. The fourth-order valence-electron chi connectivity index (χ4n) is 4.14. The number of furan rings is 1. The van der Waals surface area contributed by atoms with Gasteiger partial charge in [-0.05, 0) is 42.1 Å². The molecule has 6 rings (SSSR count). The molecule has 176 valence electrons. The molecule has 0 atom stereocenters. The minimum Gasteiger partial charge on any atom is -0.493 e. The highest BCUT2D eigenvalue weighted by Crippen LogP contribution is 2.37. The van der Waals surface area contributed by atoms with Crippen molar-refractivity contribution in [2.24, 2.45) is 4.99 Å². The normalized spacial score (nSPS) is 17.4. The van der Waals surface area contributed by atoms with E-state index in [0.29, 0.717) is 40.9 Å². The van der Waals surface area contributed by atoms with Crippen LogP contribution in [0, 0.1) is 0 Å². The molecule has 1 fully saturated rings. The first kappa shape index (κ1) is 21.7. The molecule has 0 radical (unpaired) electrons. The molecule has 1 amide bonds. The quantitative estimate of drug-likeness (QED) is 0.390. The average Bonchev–Trinajstić information content (AvgIpc) is 3.62. The van der Waals surface area contributed by atoms with Crippen LogP contribution in [0.3, 0.4) is 0 Å². The minimum absolute atomic E-state index is 0.249. The van der Waals surface area contributed by atoms with Gasteiger partial charge in [0, 0.05) is 30.2 Å². The maximum atomic E-state index is 12.8. The first-order valence-corrected chi connectivity index (χ1v) is 12.1. The zero-order valence-electron chi connectivity index (χ0n) is 19.0. The summed E-state index contributed by atoms with van der Waals surface area (Å²) in [7, 11) is 1.62. The summed E-state index contributed by atoms with van der Waals surface area (Å²) in [6.07, 6.45) is 3.75. The predicted molar refractivity (Wildman–Crippen MR) is 136 cm³/mol. The van der Waals surface area contributed by atoms with Crippen molar-refractivity contribution >= 4 is 39.9 Å². The summed E-state index contributed by atoms with van der Waals surface area (Å²) in [6, 6.07) is 17.5. The second-order valence-electron chi connectivity index (χ2n) is 8.11. The molecule has 2 aromatic carbocycles. The van der Waals surface area contributed by atoms with Crippen LogP contribution in [0.2, 0.25) is 0 Å².